The summed E-state index contributed by atoms with van der Waals surface area (Å²) in [6.45, 7) is -0.0390. The van der Waals surface area contributed by atoms with Crippen molar-refractivity contribution in [3.05, 3.63) is 54.5 Å². The summed E-state index contributed by atoms with van der Waals surface area (Å²) in [5.41, 5.74) is 7.27. The summed E-state index contributed by atoms with van der Waals surface area (Å²) in [4.78, 5) is 3.95. The van der Waals surface area contributed by atoms with Crippen LogP contribution in [0.1, 0.15) is 18.2 Å². The van der Waals surface area contributed by atoms with Crippen LogP contribution in [0.15, 0.2) is 48.8 Å². The van der Waals surface area contributed by atoms with Crippen LogP contribution < -0.4 is 10.3 Å². The summed E-state index contributed by atoms with van der Waals surface area (Å²) in [5, 5.41) is 14.5. The van der Waals surface area contributed by atoms with Crippen molar-refractivity contribution in [2.75, 3.05) is 12.3 Å². The predicted molar refractivity (Wildman–Crippen MR) is 97.7 cm³/mol. The summed E-state index contributed by atoms with van der Waals surface area (Å²) >= 11 is 0. The van der Waals surface area contributed by atoms with E-state index >= 15 is 0 Å². The molecular weight excluding hydrogens is 371 g/mol. The summed E-state index contributed by atoms with van der Waals surface area (Å²) in [7, 11) is -2.75. The first-order valence-corrected chi connectivity index (χ1v) is 9.65. The minimum Gasteiger partial charge on any atom is -0.426 e. The Morgan fingerprint density at radius 2 is 2.11 bits per heavy atom. The smallest absolute Gasteiger partial charge is 0.367 e. The molecule has 0 saturated carbocycles. The second kappa shape index (κ2) is 7.66. The van der Waals surface area contributed by atoms with E-state index in [1.807, 2.05) is 12.1 Å². The summed E-state index contributed by atoms with van der Waals surface area (Å²) in [6.07, 6.45) is -0.0304. The number of hydrogen-bond acceptors (Lipinski definition) is 8. The highest BCUT2D eigenvalue weighted by molar-refractivity contribution is 7.33. The summed E-state index contributed by atoms with van der Waals surface area (Å²) in [6, 6.07) is 12.4. The van der Waals surface area contributed by atoms with E-state index in [1.165, 1.54) is 6.33 Å². The van der Waals surface area contributed by atoms with Crippen LogP contribution in [0.4, 0.5) is 5.82 Å². The van der Waals surface area contributed by atoms with Crippen molar-refractivity contribution in [1.29, 1.82) is 0 Å². The molecule has 1 fully saturated rings. The average Bonchev–Trinajstić information content (AvgIpc) is 3.25. The number of nitrogens with zero attached hydrogens (tertiary/aromatic N) is 3. The molecule has 3 aromatic rings. The number of aromatic nitrogens is 3. The maximum atomic E-state index is 12.0. The number of fused-ring (bicyclic) bond motifs is 1. The molecule has 1 saturated heterocycles. The molecule has 9 nitrogen and oxygen atoms in total. The number of rotatable bonds is 6. The van der Waals surface area contributed by atoms with Crippen LogP contribution in [0.5, 0.6) is 5.75 Å². The number of aliphatic hydroxyl groups is 1. The van der Waals surface area contributed by atoms with Gasteiger partial charge in [0.15, 0.2) is 5.82 Å². The molecule has 10 heteroatoms. The van der Waals surface area contributed by atoms with Crippen molar-refractivity contribution in [2.45, 2.75) is 24.7 Å². The first kappa shape index (κ1) is 17.9. The second-order valence-corrected chi connectivity index (χ2v) is 7.14. The SMILES string of the molecule is Nc1ncnn2c([C@H]3C[C@H](O)[C@@H](CO[PH](=O)Oc4ccccc4)O3)ccc12. The number of para-hydroxylation sites is 1. The fraction of sp³-hybridized carbons (Fsp3) is 0.294. The van der Waals surface area contributed by atoms with Crippen LogP contribution in [0.2, 0.25) is 0 Å². The van der Waals surface area contributed by atoms with Crippen LogP contribution in [-0.4, -0.2) is 38.5 Å². The van der Waals surface area contributed by atoms with Gasteiger partial charge in [-0.15, -0.1) is 0 Å². The van der Waals surface area contributed by atoms with Crippen molar-refractivity contribution >= 4 is 19.6 Å². The Morgan fingerprint density at radius 1 is 1.30 bits per heavy atom. The van der Waals surface area contributed by atoms with Crippen molar-refractivity contribution in [2.24, 2.45) is 0 Å². The second-order valence-electron chi connectivity index (χ2n) is 6.14. The molecule has 142 valence electrons. The molecule has 1 aliphatic heterocycles. The van der Waals surface area contributed by atoms with E-state index < -0.39 is 20.5 Å². The summed E-state index contributed by atoms with van der Waals surface area (Å²) < 4.78 is 30.0. The van der Waals surface area contributed by atoms with Crippen molar-refractivity contribution in [1.82, 2.24) is 14.6 Å². The lowest BCUT2D eigenvalue weighted by Crippen LogP contribution is -2.25. The highest BCUT2D eigenvalue weighted by atomic mass is 31.1. The van der Waals surface area contributed by atoms with Crippen LogP contribution >= 0.6 is 8.25 Å². The van der Waals surface area contributed by atoms with Gasteiger partial charge in [0.25, 0.3) is 0 Å². The minimum absolute atomic E-state index is 0.0390. The monoisotopic (exact) mass is 390 g/mol. The van der Waals surface area contributed by atoms with Gasteiger partial charge in [-0.25, -0.2) is 14.1 Å². The minimum atomic E-state index is -2.75. The third-order valence-electron chi connectivity index (χ3n) is 4.37. The number of benzene rings is 1. The molecule has 4 rings (SSSR count). The van der Waals surface area contributed by atoms with E-state index in [-0.39, 0.29) is 12.7 Å². The molecular formula is C17H19N4O5P. The van der Waals surface area contributed by atoms with Gasteiger partial charge in [-0.2, -0.15) is 5.10 Å². The Bertz CT molecular complexity index is 951. The van der Waals surface area contributed by atoms with Gasteiger partial charge in [0.1, 0.15) is 29.8 Å². The third kappa shape index (κ3) is 3.81. The van der Waals surface area contributed by atoms with Crippen LogP contribution in [-0.2, 0) is 13.8 Å². The molecule has 27 heavy (non-hydrogen) atoms. The molecule has 1 unspecified atom stereocenters. The van der Waals surface area contributed by atoms with Crippen LogP contribution in [0.25, 0.3) is 5.52 Å². The van der Waals surface area contributed by atoms with Crippen molar-refractivity contribution in [3.8, 4) is 5.75 Å². The van der Waals surface area contributed by atoms with E-state index in [2.05, 4.69) is 10.1 Å². The van der Waals surface area contributed by atoms with Gasteiger partial charge in [0, 0.05) is 6.42 Å². The van der Waals surface area contributed by atoms with Gasteiger partial charge in [0.05, 0.1) is 18.4 Å². The Balaban J connectivity index is 1.38. The number of anilines is 1. The average molecular weight is 390 g/mol. The number of nitrogen functional groups attached to an aromatic ring is 1. The number of ether oxygens (including phenoxy) is 1. The zero-order valence-electron chi connectivity index (χ0n) is 14.3. The molecule has 0 bridgehead atoms. The first-order chi connectivity index (χ1) is 13.1. The molecule has 3 heterocycles. The first-order valence-electron chi connectivity index (χ1n) is 8.43. The molecule has 0 radical (unpaired) electrons. The molecule has 3 N–H and O–H groups in total. The van der Waals surface area contributed by atoms with E-state index in [4.69, 9.17) is 19.5 Å². The molecule has 0 amide bonds. The van der Waals surface area contributed by atoms with Crippen LogP contribution in [0.3, 0.4) is 0 Å². The number of hydrogen-bond donors (Lipinski definition) is 2. The highest BCUT2D eigenvalue weighted by Crippen LogP contribution is 2.36. The molecule has 1 aromatic carbocycles. The van der Waals surface area contributed by atoms with Gasteiger partial charge in [-0.1, -0.05) is 18.2 Å². The van der Waals surface area contributed by atoms with Gasteiger partial charge in [0.2, 0.25) is 0 Å². The van der Waals surface area contributed by atoms with Crippen molar-refractivity contribution < 1.29 is 23.5 Å². The molecule has 1 aliphatic rings. The quantitative estimate of drug-likeness (QED) is 0.613. The Kier molecular flexibility index (Phi) is 5.09. The van der Waals surface area contributed by atoms with E-state index in [1.54, 1.807) is 34.8 Å². The molecule has 4 atom stereocenters. The van der Waals surface area contributed by atoms with Crippen LogP contribution in [0, 0.1) is 0 Å². The maximum absolute atomic E-state index is 12.0. The summed E-state index contributed by atoms with van der Waals surface area (Å²) in [5.74, 6) is 0.829. The van der Waals surface area contributed by atoms with Gasteiger partial charge in [-0.3, -0.25) is 4.52 Å². The molecule has 0 aliphatic carbocycles. The lowest BCUT2D eigenvalue weighted by atomic mass is 10.1. The van der Waals surface area contributed by atoms with Gasteiger partial charge < -0.3 is 20.1 Å². The Morgan fingerprint density at radius 3 is 2.93 bits per heavy atom. The fourth-order valence-electron chi connectivity index (χ4n) is 3.05. The Labute approximate surface area is 155 Å². The van der Waals surface area contributed by atoms with Gasteiger partial charge >= 0.3 is 8.25 Å². The number of nitrogens with two attached hydrogens (primary N) is 1. The maximum Gasteiger partial charge on any atom is 0.367 e. The zero-order valence-corrected chi connectivity index (χ0v) is 15.3. The third-order valence-corrected chi connectivity index (χ3v) is 5.18. The standard InChI is InChI=1S/C17H19N4O5P/c18-17-13-7-6-12(21(13)20-10-19-17)15-8-14(22)16(25-15)9-24-27(23)26-11-4-2-1-3-5-11/h1-7,10,14-16,22,27H,8-9H2,(H2,18,19,20)/t14-,15+,16+/m0/s1. The van der Waals surface area contributed by atoms with E-state index in [0.717, 1.165) is 5.69 Å². The Hall–Kier alpha value is -2.45. The molecule has 2 aromatic heterocycles. The lowest BCUT2D eigenvalue weighted by molar-refractivity contribution is -0.0182. The van der Waals surface area contributed by atoms with Crippen molar-refractivity contribution in [3.63, 3.8) is 0 Å². The zero-order chi connectivity index (χ0) is 18.8. The van der Waals surface area contributed by atoms with E-state index in [0.29, 0.717) is 23.5 Å². The predicted octanol–water partition coefficient (Wildman–Crippen LogP) is 1.99. The van der Waals surface area contributed by atoms with Gasteiger partial charge in [-0.05, 0) is 24.3 Å². The van der Waals surface area contributed by atoms with E-state index in [9.17, 15) is 9.67 Å². The number of aliphatic hydroxyl groups excluding tert-OH is 1. The highest BCUT2D eigenvalue weighted by Gasteiger charge is 2.36. The molecule has 0 spiro atoms. The topological polar surface area (TPSA) is 121 Å². The lowest BCUT2D eigenvalue weighted by Gasteiger charge is -2.15. The normalized spacial score (nSPS) is 23.5. The fourth-order valence-corrected chi connectivity index (χ4v) is 3.74. The largest absolute Gasteiger partial charge is 0.426 e.